The smallest absolute Gasteiger partial charge is 0.123 e. The highest BCUT2D eigenvalue weighted by Gasteiger charge is 2.16. The third-order valence-electron chi connectivity index (χ3n) is 3.23. The van der Waals surface area contributed by atoms with Gasteiger partial charge in [-0.2, -0.15) is 0 Å². The Bertz CT molecular complexity index is 539. The molecular formula is C15H15FN2. The fraction of sp³-hybridized carbons (Fsp3) is 0.200. The van der Waals surface area contributed by atoms with E-state index in [2.05, 4.69) is 22.3 Å². The van der Waals surface area contributed by atoms with Gasteiger partial charge in [0.25, 0.3) is 0 Å². The standard InChI is InChI=1S/C15H15FN2/c16-13-6-7-15-12(10-13)11-17-8-9-18(15)14-4-2-1-3-5-14/h1-7,10,17H,8-9,11H2. The highest BCUT2D eigenvalue weighted by Crippen LogP contribution is 2.30. The van der Waals surface area contributed by atoms with Crippen LogP contribution in [0.4, 0.5) is 15.8 Å². The molecule has 3 rings (SSSR count). The molecule has 1 N–H and O–H groups in total. The molecule has 0 spiro atoms. The maximum absolute atomic E-state index is 13.3. The van der Waals surface area contributed by atoms with E-state index in [1.807, 2.05) is 24.3 Å². The highest BCUT2D eigenvalue weighted by atomic mass is 19.1. The van der Waals surface area contributed by atoms with Gasteiger partial charge in [-0.3, -0.25) is 0 Å². The lowest BCUT2D eigenvalue weighted by Crippen LogP contribution is -2.24. The molecule has 0 saturated carbocycles. The van der Waals surface area contributed by atoms with Gasteiger partial charge >= 0.3 is 0 Å². The molecule has 0 saturated heterocycles. The number of hydrogen-bond donors (Lipinski definition) is 1. The van der Waals surface area contributed by atoms with E-state index in [9.17, 15) is 4.39 Å². The average molecular weight is 242 g/mol. The second kappa shape index (κ2) is 4.78. The van der Waals surface area contributed by atoms with Gasteiger partial charge in [-0.1, -0.05) is 18.2 Å². The van der Waals surface area contributed by atoms with Crippen molar-refractivity contribution < 1.29 is 4.39 Å². The summed E-state index contributed by atoms with van der Waals surface area (Å²) in [5, 5.41) is 3.32. The van der Waals surface area contributed by atoms with E-state index in [-0.39, 0.29) is 5.82 Å². The number of nitrogens with zero attached hydrogens (tertiary/aromatic N) is 1. The van der Waals surface area contributed by atoms with E-state index in [0.717, 1.165) is 36.6 Å². The Balaban J connectivity index is 2.07. The zero-order chi connectivity index (χ0) is 12.4. The Morgan fingerprint density at radius 2 is 1.89 bits per heavy atom. The number of fused-ring (bicyclic) bond motifs is 1. The Morgan fingerprint density at radius 3 is 2.72 bits per heavy atom. The number of halogens is 1. The van der Waals surface area contributed by atoms with Crippen molar-refractivity contribution in [2.75, 3.05) is 18.0 Å². The highest BCUT2D eigenvalue weighted by molar-refractivity contribution is 5.67. The van der Waals surface area contributed by atoms with E-state index < -0.39 is 0 Å². The van der Waals surface area contributed by atoms with Crippen molar-refractivity contribution in [3.63, 3.8) is 0 Å². The van der Waals surface area contributed by atoms with Crippen LogP contribution in [0.5, 0.6) is 0 Å². The molecule has 1 heterocycles. The van der Waals surface area contributed by atoms with Gasteiger partial charge in [0.1, 0.15) is 5.82 Å². The Labute approximate surface area is 106 Å². The minimum atomic E-state index is -0.175. The van der Waals surface area contributed by atoms with Crippen LogP contribution in [0.15, 0.2) is 48.5 Å². The molecule has 2 aromatic carbocycles. The van der Waals surface area contributed by atoms with Crippen LogP contribution in [0.1, 0.15) is 5.56 Å². The number of para-hydroxylation sites is 1. The number of anilines is 2. The third-order valence-corrected chi connectivity index (χ3v) is 3.23. The molecule has 2 nitrogen and oxygen atoms in total. The van der Waals surface area contributed by atoms with Gasteiger partial charge in [0.15, 0.2) is 0 Å². The summed E-state index contributed by atoms with van der Waals surface area (Å²) in [4.78, 5) is 2.23. The largest absolute Gasteiger partial charge is 0.340 e. The van der Waals surface area contributed by atoms with Crippen LogP contribution in [0.25, 0.3) is 0 Å². The fourth-order valence-electron chi connectivity index (χ4n) is 2.37. The van der Waals surface area contributed by atoms with Crippen molar-refractivity contribution >= 4 is 11.4 Å². The van der Waals surface area contributed by atoms with Crippen LogP contribution < -0.4 is 10.2 Å². The predicted octanol–water partition coefficient (Wildman–Crippen LogP) is 3.07. The van der Waals surface area contributed by atoms with Crippen LogP contribution in [-0.4, -0.2) is 13.1 Å². The summed E-state index contributed by atoms with van der Waals surface area (Å²) in [7, 11) is 0. The molecule has 0 aromatic heterocycles. The summed E-state index contributed by atoms with van der Waals surface area (Å²) >= 11 is 0. The molecule has 92 valence electrons. The van der Waals surface area contributed by atoms with Crippen molar-refractivity contribution in [3.8, 4) is 0 Å². The zero-order valence-corrected chi connectivity index (χ0v) is 10.1. The van der Waals surface area contributed by atoms with Crippen molar-refractivity contribution in [1.82, 2.24) is 5.32 Å². The Morgan fingerprint density at radius 1 is 1.06 bits per heavy atom. The number of hydrogen-bond acceptors (Lipinski definition) is 2. The quantitative estimate of drug-likeness (QED) is 0.826. The second-order valence-electron chi connectivity index (χ2n) is 4.44. The molecular weight excluding hydrogens is 227 g/mol. The van der Waals surface area contributed by atoms with Crippen LogP contribution >= 0.6 is 0 Å². The monoisotopic (exact) mass is 242 g/mol. The summed E-state index contributed by atoms with van der Waals surface area (Å²) in [5.41, 5.74) is 3.25. The van der Waals surface area contributed by atoms with Gasteiger partial charge in [-0.25, -0.2) is 4.39 Å². The van der Waals surface area contributed by atoms with E-state index >= 15 is 0 Å². The fourth-order valence-corrected chi connectivity index (χ4v) is 2.37. The SMILES string of the molecule is Fc1ccc2c(c1)CNCCN2c1ccccc1. The maximum Gasteiger partial charge on any atom is 0.123 e. The lowest BCUT2D eigenvalue weighted by Gasteiger charge is -2.24. The summed E-state index contributed by atoms with van der Waals surface area (Å²) in [6.07, 6.45) is 0. The summed E-state index contributed by atoms with van der Waals surface area (Å²) in [6, 6.07) is 15.2. The van der Waals surface area contributed by atoms with Crippen molar-refractivity contribution in [1.29, 1.82) is 0 Å². The van der Waals surface area contributed by atoms with Gasteiger partial charge in [-0.15, -0.1) is 0 Å². The molecule has 2 aromatic rings. The lowest BCUT2D eigenvalue weighted by molar-refractivity contribution is 0.623. The summed E-state index contributed by atoms with van der Waals surface area (Å²) in [5.74, 6) is -0.175. The molecule has 18 heavy (non-hydrogen) atoms. The third kappa shape index (κ3) is 2.09. The predicted molar refractivity (Wildman–Crippen MR) is 71.6 cm³/mol. The molecule has 0 atom stereocenters. The molecule has 1 aliphatic rings. The van der Waals surface area contributed by atoms with Crippen LogP contribution in [0.3, 0.4) is 0 Å². The maximum atomic E-state index is 13.3. The zero-order valence-electron chi connectivity index (χ0n) is 10.1. The Kier molecular flexibility index (Phi) is 2.99. The summed E-state index contributed by atoms with van der Waals surface area (Å²) in [6.45, 7) is 2.50. The number of benzene rings is 2. The molecule has 0 aliphatic carbocycles. The van der Waals surface area contributed by atoms with Gasteiger partial charge < -0.3 is 10.2 Å². The molecule has 0 amide bonds. The first-order chi connectivity index (χ1) is 8.84. The van der Waals surface area contributed by atoms with E-state index in [4.69, 9.17) is 0 Å². The molecule has 0 fully saturated rings. The first kappa shape index (κ1) is 11.2. The van der Waals surface area contributed by atoms with Crippen LogP contribution in [0.2, 0.25) is 0 Å². The van der Waals surface area contributed by atoms with Crippen molar-refractivity contribution in [2.24, 2.45) is 0 Å². The van der Waals surface area contributed by atoms with E-state index in [0.29, 0.717) is 0 Å². The van der Waals surface area contributed by atoms with Gasteiger partial charge in [-0.05, 0) is 35.9 Å². The minimum Gasteiger partial charge on any atom is -0.340 e. The number of nitrogens with one attached hydrogen (secondary N) is 1. The van der Waals surface area contributed by atoms with E-state index in [1.54, 1.807) is 6.07 Å². The van der Waals surface area contributed by atoms with Gasteiger partial charge in [0.2, 0.25) is 0 Å². The molecule has 0 unspecified atom stereocenters. The van der Waals surface area contributed by atoms with E-state index in [1.165, 1.54) is 6.07 Å². The van der Waals surface area contributed by atoms with Crippen LogP contribution in [0, 0.1) is 5.82 Å². The minimum absolute atomic E-state index is 0.175. The normalized spacial score (nSPS) is 15.1. The van der Waals surface area contributed by atoms with Crippen molar-refractivity contribution in [2.45, 2.75) is 6.54 Å². The molecule has 0 radical (unpaired) electrons. The average Bonchev–Trinajstić information content (AvgIpc) is 2.61. The van der Waals surface area contributed by atoms with Crippen LogP contribution in [-0.2, 0) is 6.54 Å². The summed E-state index contributed by atoms with van der Waals surface area (Å²) < 4.78 is 13.3. The van der Waals surface area contributed by atoms with Gasteiger partial charge in [0.05, 0.1) is 0 Å². The first-order valence-corrected chi connectivity index (χ1v) is 6.16. The van der Waals surface area contributed by atoms with Gasteiger partial charge in [0, 0.05) is 31.0 Å². The lowest BCUT2D eigenvalue weighted by atomic mass is 10.1. The molecule has 3 heteroatoms. The number of rotatable bonds is 1. The first-order valence-electron chi connectivity index (χ1n) is 6.16. The Hall–Kier alpha value is -1.87. The second-order valence-corrected chi connectivity index (χ2v) is 4.44. The topological polar surface area (TPSA) is 15.3 Å². The molecule has 0 bridgehead atoms. The van der Waals surface area contributed by atoms with Crippen molar-refractivity contribution in [3.05, 3.63) is 59.9 Å². The molecule has 1 aliphatic heterocycles.